The van der Waals surface area contributed by atoms with E-state index in [0.717, 1.165) is 5.56 Å². The Labute approximate surface area is 139 Å². The summed E-state index contributed by atoms with van der Waals surface area (Å²) >= 11 is 0. The zero-order chi connectivity index (χ0) is 17.7. The van der Waals surface area contributed by atoms with Crippen LogP contribution in [0.5, 0.6) is 0 Å². The summed E-state index contributed by atoms with van der Waals surface area (Å²) in [5.74, 6) is -1.33. The monoisotopic (exact) mass is 338 g/mol. The van der Waals surface area contributed by atoms with Gasteiger partial charge in [0.05, 0.1) is 13.2 Å². The molecule has 1 aromatic carbocycles. The van der Waals surface area contributed by atoms with Gasteiger partial charge in [-0.25, -0.2) is 5.43 Å². The summed E-state index contributed by atoms with van der Waals surface area (Å²) in [6.07, 6.45) is -2.80. The van der Waals surface area contributed by atoms with E-state index in [-0.39, 0.29) is 17.7 Å². The van der Waals surface area contributed by atoms with Crippen molar-refractivity contribution in [3.8, 4) is 0 Å². The van der Waals surface area contributed by atoms with E-state index in [2.05, 4.69) is 10.9 Å². The minimum absolute atomic E-state index is 0.123. The van der Waals surface area contributed by atoms with Crippen LogP contribution in [0.3, 0.4) is 0 Å². The van der Waals surface area contributed by atoms with Crippen molar-refractivity contribution in [3.05, 3.63) is 35.9 Å². The van der Waals surface area contributed by atoms with Crippen LogP contribution >= 0.6 is 0 Å². The molecule has 1 amide bonds. The van der Waals surface area contributed by atoms with Gasteiger partial charge in [0.15, 0.2) is 5.78 Å². The average Bonchev–Trinajstić information content (AvgIpc) is 3.42. The minimum Gasteiger partial charge on any atom is -0.394 e. The molecule has 0 aromatic heterocycles. The van der Waals surface area contributed by atoms with Crippen molar-refractivity contribution in [1.82, 2.24) is 10.9 Å². The summed E-state index contributed by atoms with van der Waals surface area (Å²) < 4.78 is 0. The summed E-state index contributed by atoms with van der Waals surface area (Å²) in [5, 5.41) is 36.7. The molecule has 1 aliphatic rings. The maximum absolute atomic E-state index is 12.1. The van der Waals surface area contributed by atoms with Crippen LogP contribution in [0.4, 0.5) is 0 Å². The van der Waals surface area contributed by atoms with Crippen LogP contribution < -0.4 is 10.9 Å². The lowest BCUT2D eigenvalue weighted by Crippen LogP contribution is -2.55. The zero-order valence-electron chi connectivity index (χ0n) is 13.0. The number of aliphatic hydroxyl groups is 4. The summed E-state index contributed by atoms with van der Waals surface area (Å²) in [5.41, 5.74) is 5.80. The Morgan fingerprint density at radius 3 is 2.38 bits per heavy atom. The van der Waals surface area contributed by atoms with Gasteiger partial charge in [-0.1, -0.05) is 30.3 Å². The number of hydrogen-bond donors (Lipinski definition) is 6. The molecular weight excluding hydrogens is 316 g/mol. The highest BCUT2D eigenvalue weighted by Crippen LogP contribution is 2.47. The molecule has 0 aliphatic heterocycles. The largest absolute Gasteiger partial charge is 0.394 e. The predicted octanol–water partition coefficient (Wildman–Crippen LogP) is -1.94. The van der Waals surface area contributed by atoms with Crippen LogP contribution in [0.15, 0.2) is 30.3 Å². The maximum atomic E-state index is 12.1. The number of benzene rings is 1. The van der Waals surface area contributed by atoms with Gasteiger partial charge in [-0.05, 0) is 17.9 Å². The molecule has 8 heteroatoms. The Morgan fingerprint density at radius 2 is 1.79 bits per heavy atom. The van der Waals surface area contributed by atoms with E-state index in [9.17, 15) is 24.9 Å². The summed E-state index contributed by atoms with van der Waals surface area (Å²) in [4.78, 5) is 23.9. The number of amides is 1. The first-order valence-electron chi connectivity index (χ1n) is 7.71. The van der Waals surface area contributed by atoms with Crippen LogP contribution in [0.1, 0.15) is 17.9 Å². The lowest BCUT2D eigenvalue weighted by molar-refractivity contribution is -0.138. The second-order valence-electron chi connectivity index (χ2n) is 5.83. The highest BCUT2D eigenvalue weighted by atomic mass is 16.4. The highest BCUT2D eigenvalue weighted by Gasteiger charge is 2.44. The van der Waals surface area contributed by atoms with Crippen LogP contribution in [0, 0.1) is 5.92 Å². The molecule has 0 spiro atoms. The molecule has 0 bridgehead atoms. The Bertz CT molecular complexity index is 567. The zero-order valence-corrected chi connectivity index (χ0v) is 13.0. The molecule has 2 rings (SSSR count). The van der Waals surface area contributed by atoms with E-state index >= 15 is 0 Å². The molecule has 2 unspecified atom stereocenters. The molecule has 24 heavy (non-hydrogen) atoms. The molecule has 132 valence electrons. The van der Waals surface area contributed by atoms with E-state index < -0.39 is 37.2 Å². The smallest absolute Gasteiger partial charge is 0.237 e. The fraction of sp³-hybridized carbons (Fsp3) is 0.500. The van der Waals surface area contributed by atoms with E-state index in [4.69, 9.17) is 5.11 Å². The SMILES string of the molecule is O=C(NN[C@@H](CO)C(=O)[C@H](O)[C@H](O)CO)C1CC1c1ccccc1. The molecule has 0 heterocycles. The average molecular weight is 338 g/mol. The molecule has 1 aliphatic carbocycles. The number of Topliss-reactive ketones (excluding diaryl/α,β-unsaturated/α-hetero) is 1. The Hall–Kier alpha value is -1.84. The van der Waals surface area contributed by atoms with Crippen LogP contribution in [-0.4, -0.2) is 63.6 Å². The molecule has 1 aromatic rings. The third-order valence-electron chi connectivity index (χ3n) is 4.09. The second-order valence-corrected chi connectivity index (χ2v) is 5.83. The fourth-order valence-electron chi connectivity index (χ4n) is 2.51. The molecule has 6 N–H and O–H groups in total. The first-order valence-corrected chi connectivity index (χ1v) is 7.71. The van der Waals surface area contributed by atoms with Crippen molar-refractivity contribution in [3.63, 3.8) is 0 Å². The first-order chi connectivity index (χ1) is 11.5. The highest BCUT2D eigenvalue weighted by molar-refractivity contribution is 5.89. The van der Waals surface area contributed by atoms with Crippen molar-refractivity contribution in [2.24, 2.45) is 5.92 Å². The van der Waals surface area contributed by atoms with Gasteiger partial charge in [-0.2, -0.15) is 0 Å². The number of ketones is 1. The van der Waals surface area contributed by atoms with E-state index in [1.54, 1.807) is 0 Å². The summed E-state index contributed by atoms with van der Waals surface area (Å²) in [6, 6.07) is 8.30. The van der Waals surface area contributed by atoms with Gasteiger partial charge in [0, 0.05) is 5.92 Å². The van der Waals surface area contributed by atoms with Gasteiger partial charge in [-0.3, -0.25) is 15.0 Å². The quantitative estimate of drug-likeness (QED) is 0.288. The maximum Gasteiger partial charge on any atom is 0.237 e. The molecular formula is C16H22N2O6. The Morgan fingerprint density at radius 1 is 1.12 bits per heavy atom. The van der Waals surface area contributed by atoms with Gasteiger partial charge in [-0.15, -0.1) is 0 Å². The van der Waals surface area contributed by atoms with Gasteiger partial charge in [0.2, 0.25) is 5.91 Å². The van der Waals surface area contributed by atoms with Gasteiger partial charge >= 0.3 is 0 Å². The molecule has 1 fully saturated rings. The van der Waals surface area contributed by atoms with Crippen LogP contribution in [0.25, 0.3) is 0 Å². The van der Waals surface area contributed by atoms with Crippen LogP contribution in [-0.2, 0) is 9.59 Å². The van der Waals surface area contributed by atoms with Gasteiger partial charge in [0.1, 0.15) is 18.2 Å². The Balaban J connectivity index is 1.83. The predicted molar refractivity (Wildman–Crippen MR) is 83.5 cm³/mol. The molecule has 1 saturated carbocycles. The van der Waals surface area contributed by atoms with Crippen molar-refractivity contribution >= 4 is 11.7 Å². The number of hydrazine groups is 1. The lowest BCUT2D eigenvalue weighted by Gasteiger charge is -2.21. The van der Waals surface area contributed by atoms with Crippen molar-refractivity contribution in [2.75, 3.05) is 13.2 Å². The standard InChI is InChI=1S/C16H22N2O6/c19-7-12(14(22)15(23)13(21)8-20)17-18-16(24)11-6-10(11)9-4-2-1-3-5-9/h1-5,10-13,15,17,19-21,23H,6-8H2,(H,18,24)/t10?,11?,12-,13+,15+/m0/s1. The van der Waals surface area contributed by atoms with Gasteiger partial charge < -0.3 is 20.4 Å². The number of carbonyl (C=O) groups is 2. The normalized spacial score (nSPS) is 23.2. The van der Waals surface area contributed by atoms with Crippen molar-refractivity contribution in [1.29, 1.82) is 0 Å². The molecule has 5 atom stereocenters. The second kappa shape index (κ2) is 8.32. The van der Waals surface area contributed by atoms with E-state index in [1.165, 1.54) is 0 Å². The van der Waals surface area contributed by atoms with E-state index in [0.29, 0.717) is 6.42 Å². The molecule has 8 nitrogen and oxygen atoms in total. The fourth-order valence-corrected chi connectivity index (χ4v) is 2.51. The number of nitrogens with one attached hydrogen (secondary N) is 2. The third-order valence-corrected chi connectivity index (χ3v) is 4.09. The van der Waals surface area contributed by atoms with E-state index in [1.807, 2.05) is 30.3 Å². The lowest BCUT2D eigenvalue weighted by atomic mass is 10.0. The van der Waals surface area contributed by atoms with Crippen molar-refractivity contribution in [2.45, 2.75) is 30.6 Å². The Kier molecular flexibility index (Phi) is 6.41. The number of rotatable bonds is 9. The summed E-state index contributed by atoms with van der Waals surface area (Å²) in [6.45, 7) is -1.47. The number of aliphatic hydroxyl groups excluding tert-OH is 4. The van der Waals surface area contributed by atoms with Gasteiger partial charge in [0.25, 0.3) is 0 Å². The molecule has 0 radical (unpaired) electrons. The number of hydrogen-bond acceptors (Lipinski definition) is 7. The first kappa shape index (κ1) is 18.5. The topological polar surface area (TPSA) is 139 Å². The minimum atomic E-state index is -1.85. The number of carbonyl (C=O) groups excluding carboxylic acids is 2. The summed E-state index contributed by atoms with van der Waals surface area (Å²) in [7, 11) is 0. The van der Waals surface area contributed by atoms with Crippen LogP contribution in [0.2, 0.25) is 0 Å². The van der Waals surface area contributed by atoms with Crippen molar-refractivity contribution < 1.29 is 30.0 Å². The molecule has 0 saturated heterocycles. The third kappa shape index (κ3) is 4.37.